The van der Waals surface area contributed by atoms with Crippen LogP contribution in [0.25, 0.3) is 31.8 Å². The maximum atomic E-state index is 12.8. The fourth-order valence-corrected chi connectivity index (χ4v) is 5.33. The van der Waals surface area contributed by atoms with Gasteiger partial charge in [0, 0.05) is 15.8 Å². The Balaban J connectivity index is 1.32. The Labute approximate surface area is 188 Å². The molecule has 2 aromatic heterocycles. The van der Waals surface area contributed by atoms with Crippen molar-refractivity contribution in [2.75, 3.05) is 5.75 Å². The van der Waals surface area contributed by atoms with Crippen LogP contribution < -0.4 is 0 Å². The third-order valence-corrected chi connectivity index (χ3v) is 7.10. The summed E-state index contributed by atoms with van der Waals surface area (Å²) in [5, 5.41) is 1.85. The van der Waals surface area contributed by atoms with Crippen LogP contribution in [-0.4, -0.2) is 21.5 Å². The van der Waals surface area contributed by atoms with E-state index in [2.05, 4.69) is 40.3 Å². The first-order valence-corrected chi connectivity index (χ1v) is 11.7. The van der Waals surface area contributed by atoms with Crippen LogP contribution in [-0.2, 0) is 0 Å². The molecule has 0 radical (unpaired) electrons. The molecule has 5 heteroatoms. The lowest BCUT2D eigenvalue weighted by Gasteiger charge is -2.05. The maximum absolute atomic E-state index is 12.8. The molecule has 0 saturated heterocycles. The third-order valence-electron chi connectivity index (χ3n) is 5.01. The number of thioether (sulfide) groups is 1. The molecule has 0 aliphatic heterocycles. The van der Waals surface area contributed by atoms with Gasteiger partial charge in [-0.3, -0.25) is 4.79 Å². The number of fused-ring (bicyclic) bond motifs is 1. The van der Waals surface area contributed by atoms with Crippen LogP contribution in [0, 0.1) is 0 Å². The van der Waals surface area contributed by atoms with Gasteiger partial charge in [-0.2, -0.15) is 0 Å². The zero-order valence-electron chi connectivity index (χ0n) is 16.6. The van der Waals surface area contributed by atoms with E-state index in [-0.39, 0.29) is 5.78 Å². The minimum absolute atomic E-state index is 0.0925. The molecule has 0 aliphatic carbocycles. The molecule has 3 aromatic carbocycles. The number of hydrogen-bond donors (Lipinski definition) is 0. The van der Waals surface area contributed by atoms with Crippen molar-refractivity contribution in [2.45, 2.75) is 5.03 Å². The maximum Gasteiger partial charge on any atom is 0.173 e. The fourth-order valence-electron chi connectivity index (χ4n) is 3.39. The van der Waals surface area contributed by atoms with Crippen molar-refractivity contribution in [3.8, 4) is 21.6 Å². The summed E-state index contributed by atoms with van der Waals surface area (Å²) >= 11 is 3.11. The topological polar surface area (TPSA) is 42.9 Å². The van der Waals surface area contributed by atoms with Gasteiger partial charge in [-0.15, -0.1) is 11.3 Å². The number of hydrogen-bond acceptors (Lipinski definition) is 5. The summed E-state index contributed by atoms with van der Waals surface area (Å²) in [4.78, 5) is 23.7. The van der Waals surface area contributed by atoms with Crippen molar-refractivity contribution in [2.24, 2.45) is 0 Å². The number of Topliss-reactive ketones (excluding diaryl/α,β-unsaturated/α-hetero) is 1. The lowest BCUT2D eigenvalue weighted by atomic mass is 10.0. The van der Waals surface area contributed by atoms with E-state index in [4.69, 9.17) is 0 Å². The number of ketones is 1. The minimum Gasteiger partial charge on any atom is -0.293 e. The molecule has 3 nitrogen and oxygen atoms in total. The number of rotatable bonds is 6. The number of carbonyl (C=O) groups is 1. The second-order valence-electron chi connectivity index (χ2n) is 7.03. The van der Waals surface area contributed by atoms with E-state index < -0.39 is 0 Å². The molecule has 2 heterocycles. The lowest BCUT2D eigenvalue weighted by Crippen LogP contribution is -2.02. The zero-order chi connectivity index (χ0) is 21.0. The molecule has 5 rings (SSSR count). The van der Waals surface area contributed by atoms with E-state index in [1.54, 1.807) is 17.7 Å². The molecule has 0 N–H and O–H groups in total. The molecule has 0 spiro atoms. The van der Waals surface area contributed by atoms with Gasteiger partial charge >= 0.3 is 0 Å². The SMILES string of the molecule is O=C(CSc1ncnc2sc(-c3ccccc3)cc12)c1ccc(-c2ccccc2)cc1. The average Bonchev–Trinajstić information content (AvgIpc) is 3.29. The van der Waals surface area contributed by atoms with Crippen LogP contribution in [0.4, 0.5) is 0 Å². The Hall–Kier alpha value is -3.28. The normalized spacial score (nSPS) is 11.0. The van der Waals surface area contributed by atoms with Crippen LogP contribution in [0.5, 0.6) is 0 Å². The summed E-state index contributed by atoms with van der Waals surface area (Å²) in [5.41, 5.74) is 4.13. The molecule has 0 atom stereocenters. The molecule has 0 bridgehead atoms. The number of benzene rings is 3. The first kappa shape index (κ1) is 19.7. The van der Waals surface area contributed by atoms with Gasteiger partial charge in [0.15, 0.2) is 5.78 Å². The van der Waals surface area contributed by atoms with Crippen LogP contribution in [0.1, 0.15) is 10.4 Å². The Morgan fingerprint density at radius 1 is 0.774 bits per heavy atom. The van der Waals surface area contributed by atoms with Crippen molar-refractivity contribution in [1.82, 2.24) is 9.97 Å². The summed E-state index contributed by atoms with van der Waals surface area (Å²) in [7, 11) is 0. The fraction of sp³-hybridized carbons (Fsp3) is 0.0385. The third kappa shape index (κ3) is 4.29. The molecule has 150 valence electrons. The van der Waals surface area contributed by atoms with Gasteiger partial charge in [-0.25, -0.2) is 9.97 Å². The van der Waals surface area contributed by atoms with Crippen molar-refractivity contribution < 1.29 is 4.79 Å². The van der Waals surface area contributed by atoms with Crippen molar-refractivity contribution >= 4 is 39.1 Å². The predicted octanol–water partition coefficient (Wildman–Crippen LogP) is 7.00. The molecular formula is C26H18N2OS2. The van der Waals surface area contributed by atoms with Gasteiger partial charge in [-0.1, -0.05) is 96.7 Å². The molecule has 0 aliphatic rings. The van der Waals surface area contributed by atoms with Crippen molar-refractivity contribution in [3.63, 3.8) is 0 Å². The highest BCUT2D eigenvalue weighted by molar-refractivity contribution is 8.00. The number of aromatic nitrogens is 2. The van der Waals surface area contributed by atoms with Gasteiger partial charge in [0.05, 0.1) is 5.75 Å². The van der Waals surface area contributed by atoms with E-state index >= 15 is 0 Å². The van der Waals surface area contributed by atoms with Crippen molar-refractivity contribution in [1.29, 1.82) is 0 Å². The zero-order valence-corrected chi connectivity index (χ0v) is 18.2. The quantitative estimate of drug-likeness (QED) is 0.163. The van der Waals surface area contributed by atoms with Gasteiger partial charge in [-0.05, 0) is 22.8 Å². The number of carbonyl (C=O) groups excluding carboxylic acids is 1. The largest absolute Gasteiger partial charge is 0.293 e. The van der Waals surface area contributed by atoms with E-state index in [1.165, 1.54) is 11.8 Å². The van der Waals surface area contributed by atoms with E-state index in [0.717, 1.165) is 36.8 Å². The summed E-state index contributed by atoms with van der Waals surface area (Å²) < 4.78 is 0. The first-order chi connectivity index (χ1) is 15.3. The van der Waals surface area contributed by atoms with Crippen LogP contribution >= 0.6 is 23.1 Å². The Morgan fingerprint density at radius 2 is 1.42 bits per heavy atom. The first-order valence-electron chi connectivity index (χ1n) is 9.89. The summed E-state index contributed by atoms with van der Waals surface area (Å²) in [6.07, 6.45) is 1.58. The van der Waals surface area contributed by atoms with Gasteiger partial charge in [0.25, 0.3) is 0 Å². The smallest absolute Gasteiger partial charge is 0.173 e. The molecule has 0 fully saturated rings. The van der Waals surface area contributed by atoms with Gasteiger partial charge in [0.2, 0.25) is 0 Å². The Morgan fingerprint density at radius 3 is 2.13 bits per heavy atom. The molecule has 0 unspecified atom stereocenters. The van der Waals surface area contributed by atoms with E-state index in [0.29, 0.717) is 11.3 Å². The predicted molar refractivity (Wildman–Crippen MR) is 130 cm³/mol. The average molecular weight is 439 g/mol. The standard InChI is InChI=1S/C26H18N2OS2/c29-23(20-13-11-19(12-14-20)18-7-3-1-4-8-18)16-30-25-22-15-24(21-9-5-2-6-10-21)31-26(22)28-17-27-25/h1-15,17H,16H2. The summed E-state index contributed by atoms with van der Waals surface area (Å²) in [6.45, 7) is 0. The second-order valence-corrected chi connectivity index (χ2v) is 9.02. The second kappa shape index (κ2) is 8.84. The van der Waals surface area contributed by atoms with E-state index in [9.17, 15) is 4.79 Å². The van der Waals surface area contributed by atoms with Crippen LogP contribution in [0.15, 0.2) is 102 Å². The Bertz CT molecular complexity index is 1330. The van der Waals surface area contributed by atoms with Crippen LogP contribution in [0.3, 0.4) is 0 Å². The van der Waals surface area contributed by atoms with Gasteiger partial charge in [0.1, 0.15) is 16.2 Å². The number of thiophene rings is 1. The lowest BCUT2D eigenvalue weighted by molar-refractivity contribution is 0.102. The highest BCUT2D eigenvalue weighted by Crippen LogP contribution is 2.36. The highest BCUT2D eigenvalue weighted by atomic mass is 32.2. The minimum atomic E-state index is 0.0925. The van der Waals surface area contributed by atoms with Crippen LogP contribution in [0.2, 0.25) is 0 Å². The highest BCUT2D eigenvalue weighted by Gasteiger charge is 2.13. The monoisotopic (exact) mass is 438 g/mol. The summed E-state index contributed by atoms with van der Waals surface area (Å²) in [5.74, 6) is 0.433. The number of nitrogens with zero attached hydrogens (tertiary/aromatic N) is 2. The van der Waals surface area contributed by atoms with E-state index in [1.807, 2.05) is 60.7 Å². The molecule has 31 heavy (non-hydrogen) atoms. The summed E-state index contributed by atoms with van der Waals surface area (Å²) in [6, 6.07) is 30.3. The molecule has 5 aromatic rings. The molecular weight excluding hydrogens is 420 g/mol. The van der Waals surface area contributed by atoms with Crippen molar-refractivity contribution in [3.05, 3.63) is 103 Å². The van der Waals surface area contributed by atoms with Gasteiger partial charge < -0.3 is 0 Å². The Kier molecular flexibility index (Phi) is 5.61. The molecule has 0 amide bonds. The molecule has 0 saturated carbocycles.